The molecule has 10 heteroatoms. The molecule has 2 atom stereocenters. The third-order valence-corrected chi connectivity index (χ3v) is 3.97. The maximum absolute atomic E-state index is 11.9. The van der Waals surface area contributed by atoms with Gasteiger partial charge in [0, 0.05) is 6.54 Å². The van der Waals surface area contributed by atoms with E-state index in [1.54, 1.807) is 0 Å². The third-order valence-electron chi connectivity index (χ3n) is 3.97. The molecule has 10 nitrogen and oxygen atoms in total. The minimum absolute atomic E-state index is 0.0419. The molecule has 5 N–H and O–H groups in total. The molecule has 27 heavy (non-hydrogen) atoms. The Morgan fingerprint density at radius 2 is 2.04 bits per heavy atom. The van der Waals surface area contributed by atoms with Gasteiger partial charge in [-0.2, -0.15) is 5.10 Å². The number of amides is 1. The number of nitrogens with zero attached hydrogens (tertiary/aromatic N) is 2. The summed E-state index contributed by atoms with van der Waals surface area (Å²) in [5, 5.41) is 29.3. The average molecular weight is 373 g/mol. The van der Waals surface area contributed by atoms with E-state index < -0.39 is 23.9 Å². The largest absolute Gasteiger partial charge is 0.445 e. The number of nitrogens with one attached hydrogen (secondary N) is 3. The molecule has 0 aliphatic carbocycles. The maximum atomic E-state index is 11.9. The molecule has 142 valence electrons. The smallest absolute Gasteiger partial charge is 0.407 e. The molecule has 0 fully saturated rings. The van der Waals surface area contributed by atoms with Crippen molar-refractivity contribution in [1.82, 2.24) is 25.5 Å². The van der Waals surface area contributed by atoms with E-state index >= 15 is 0 Å². The molecule has 0 saturated carbocycles. The number of ether oxygens (including phenoxy) is 1. The minimum atomic E-state index is -1.39. The van der Waals surface area contributed by atoms with E-state index in [0.717, 1.165) is 5.56 Å². The number of aliphatic hydroxyl groups is 2. The van der Waals surface area contributed by atoms with Crippen LogP contribution in [-0.4, -0.2) is 49.1 Å². The topological polar surface area (TPSA) is 153 Å². The summed E-state index contributed by atoms with van der Waals surface area (Å²) in [4.78, 5) is 29.8. The van der Waals surface area contributed by atoms with Crippen molar-refractivity contribution < 1.29 is 19.7 Å². The summed E-state index contributed by atoms with van der Waals surface area (Å²) in [5.74, 6) is 0. The Kier molecular flexibility index (Phi) is 5.79. The van der Waals surface area contributed by atoms with Gasteiger partial charge in [-0.15, -0.1) is 0 Å². The standard InChI is InChI=1S/C17H19N5O5/c23-11(6-7-18-17(26)27-8-10-4-2-1-3-5-10)14(24)13-12-15(22-21-13)19-9-20-16(12)25/h1-5,9,11,14,23-24H,6-8H2,(H,18,26)(H2,19,20,21,22,25). The first-order chi connectivity index (χ1) is 13.1. The van der Waals surface area contributed by atoms with Crippen LogP contribution in [0.25, 0.3) is 11.0 Å². The lowest BCUT2D eigenvalue weighted by molar-refractivity contribution is 0.0119. The molecule has 3 rings (SSSR count). The van der Waals surface area contributed by atoms with E-state index in [2.05, 4.69) is 25.5 Å². The van der Waals surface area contributed by atoms with E-state index in [4.69, 9.17) is 4.74 Å². The third kappa shape index (κ3) is 4.49. The van der Waals surface area contributed by atoms with Crippen molar-refractivity contribution in [3.05, 3.63) is 58.3 Å². The number of hydrogen-bond donors (Lipinski definition) is 5. The van der Waals surface area contributed by atoms with Crippen LogP contribution in [0.1, 0.15) is 23.8 Å². The second-order valence-electron chi connectivity index (χ2n) is 5.86. The van der Waals surface area contributed by atoms with Crippen molar-refractivity contribution in [3.8, 4) is 0 Å². The number of rotatable bonds is 7. The van der Waals surface area contributed by atoms with E-state index in [-0.39, 0.29) is 36.3 Å². The van der Waals surface area contributed by atoms with Gasteiger partial charge in [0.05, 0.1) is 18.1 Å². The van der Waals surface area contributed by atoms with E-state index in [1.165, 1.54) is 6.33 Å². The maximum Gasteiger partial charge on any atom is 0.407 e. The fourth-order valence-corrected chi connectivity index (χ4v) is 2.55. The summed E-state index contributed by atoms with van der Waals surface area (Å²) < 4.78 is 5.05. The van der Waals surface area contributed by atoms with Crippen molar-refractivity contribution in [2.45, 2.75) is 25.2 Å². The molecule has 0 spiro atoms. The molecule has 0 aliphatic heterocycles. The lowest BCUT2D eigenvalue weighted by atomic mass is 10.1. The molecule has 0 radical (unpaired) electrons. The first kappa shape index (κ1) is 18.5. The summed E-state index contributed by atoms with van der Waals surface area (Å²) in [5.41, 5.74) is 0.590. The predicted molar refractivity (Wildman–Crippen MR) is 94.7 cm³/mol. The van der Waals surface area contributed by atoms with E-state index in [0.29, 0.717) is 0 Å². The number of alkyl carbamates (subject to hydrolysis) is 1. The number of fused-ring (bicyclic) bond motifs is 1. The van der Waals surface area contributed by atoms with Crippen LogP contribution < -0.4 is 10.9 Å². The number of benzene rings is 1. The van der Waals surface area contributed by atoms with Gasteiger partial charge in [0.25, 0.3) is 5.56 Å². The van der Waals surface area contributed by atoms with Crippen LogP contribution in [0, 0.1) is 0 Å². The van der Waals surface area contributed by atoms with Crippen molar-refractivity contribution in [2.75, 3.05) is 6.54 Å². The number of aliphatic hydroxyl groups excluding tert-OH is 2. The van der Waals surface area contributed by atoms with Gasteiger partial charge >= 0.3 is 6.09 Å². The van der Waals surface area contributed by atoms with Gasteiger partial charge in [-0.1, -0.05) is 30.3 Å². The van der Waals surface area contributed by atoms with Gasteiger partial charge in [0.2, 0.25) is 0 Å². The Hall–Kier alpha value is -3.24. The average Bonchev–Trinajstić information content (AvgIpc) is 3.12. The highest BCUT2D eigenvalue weighted by molar-refractivity contribution is 5.76. The lowest BCUT2D eigenvalue weighted by Crippen LogP contribution is -2.30. The van der Waals surface area contributed by atoms with Crippen molar-refractivity contribution >= 4 is 17.1 Å². The predicted octanol–water partition coefficient (Wildman–Crippen LogP) is 0.357. The number of carbonyl (C=O) groups is 1. The van der Waals surface area contributed by atoms with Crippen molar-refractivity contribution in [2.24, 2.45) is 0 Å². The minimum Gasteiger partial charge on any atom is -0.445 e. The normalized spacial score (nSPS) is 13.3. The number of hydrogen-bond acceptors (Lipinski definition) is 7. The fourth-order valence-electron chi connectivity index (χ4n) is 2.55. The number of H-pyrrole nitrogens is 2. The first-order valence-electron chi connectivity index (χ1n) is 8.28. The Bertz CT molecular complexity index is 955. The zero-order valence-electron chi connectivity index (χ0n) is 14.3. The van der Waals surface area contributed by atoms with Crippen LogP contribution >= 0.6 is 0 Å². The molecule has 2 aromatic heterocycles. The summed E-state index contributed by atoms with van der Waals surface area (Å²) in [7, 11) is 0. The first-order valence-corrected chi connectivity index (χ1v) is 8.28. The number of aromatic amines is 2. The van der Waals surface area contributed by atoms with Gasteiger partial charge < -0.3 is 25.3 Å². The zero-order valence-corrected chi connectivity index (χ0v) is 14.3. The van der Waals surface area contributed by atoms with Gasteiger partial charge in [-0.05, 0) is 12.0 Å². The van der Waals surface area contributed by atoms with Crippen LogP contribution in [0.2, 0.25) is 0 Å². The highest BCUT2D eigenvalue weighted by Gasteiger charge is 2.24. The van der Waals surface area contributed by atoms with Crippen LogP contribution in [0.5, 0.6) is 0 Å². The number of aromatic nitrogens is 4. The van der Waals surface area contributed by atoms with Crippen LogP contribution in [0.3, 0.4) is 0 Å². The molecule has 0 aliphatic rings. The second-order valence-corrected chi connectivity index (χ2v) is 5.86. The highest BCUT2D eigenvalue weighted by atomic mass is 16.5. The van der Waals surface area contributed by atoms with Gasteiger partial charge in [0.15, 0.2) is 5.65 Å². The molecule has 3 aromatic rings. The molecule has 1 amide bonds. The molecule has 2 heterocycles. The SMILES string of the molecule is O=C(NCCC(O)C(O)c1[nH]nc2nc[nH]c(=O)c12)OCc1ccccc1. The monoisotopic (exact) mass is 373 g/mol. The molecular weight excluding hydrogens is 354 g/mol. The van der Waals surface area contributed by atoms with Crippen LogP contribution in [0.4, 0.5) is 4.79 Å². The molecular formula is C17H19N5O5. The molecule has 0 bridgehead atoms. The zero-order chi connectivity index (χ0) is 19.2. The highest BCUT2D eigenvalue weighted by Crippen LogP contribution is 2.21. The summed E-state index contributed by atoms with van der Waals surface area (Å²) in [6, 6.07) is 9.21. The Labute approximate surface area is 153 Å². The van der Waals surface area contributed by atoms with Gasteiger partial charge in [-0.3, -0.25) is 9.89 Å². The second kappa shape index (κ2) is 8.43. The lowest BCUT2D eigenvalue weighted by Gasteiger charge is -2.17. The molecule has 1 aromatic carbocycles. The van der Waals surface area contributed by atoms with Crippen molar-refractivity contribution in [3.63, 3.8) is 0 Å². The van der Waals surface area contributed by atoms with Crippen LogP contribution in [-0.2, 0) is 11.3 Å². The number of carbonyl (C=O) groups excluding carboxylic acids is 1. The van der Waals surface area contributed by atoms with Crippen LogP contribution in [0.15, 0.2) is 41.5 Å². The molecule has 0 saturated heterocycles. The van der Waals surface area contributed by atoms with Gasteiger partial charge in [0.1, 0.15) is 18.1 Å². The Morgan fingerprint density at radius 1 is 1.26 bits per heavy atom. The summed E-state index contributed by atoms with van der Waals surface area (Å²) in [6.45, 7) is 0.209. The molecule has 2 unspecified atom stereocenters. The fraction of sp³-hybridized carbons (Fsp3) is 0.294. The Balaban J connectivity index is 1.49. The summed E-state index contributed by atoms with van der Waals surface area (Å²) >= 11 is 0. The van der Waals surface area contributed by atoms with Crippen molar-refractivity contribution in [1.29, 1.82) is 0 Å². The van der Waals surface area contributed by atoms with E-state index in [9.17, 15) is 19.8 Å². The quantitative estimate of drug-likeness (QED) is 0.401. The van der Waals surface area contributed by atoms with Gasteiger partial charge in [-0.25, -0.2) is 9.78 Å². The Morgan fingerprint density at radius 3 is 2.81 bits per heavy atom. The summed E-state index contributed by atoms with van der Waals surface area (Å²) in [6.07, 6.45) is -2.01. The van der Waals surface area contributed by atoms with E-state index in [1.807, 2.05) is 30.3 Å².